The molecular weight excluding hydrogens is 238 g/mol. The van der Waals surface area contributed by atoms with Crippen molar-refractivity contribution in [2.75, 3.05) is 6.54 Å². The van der Waals surface area contributed by atoms with Gasteiger partial charge < -0.3 is 5.32 Å². The Morgan fingerprint density at radius 2 is 2.21 bits per heavy atom. The molecule has 0 aliphatic carbocycles. The van der Waals surface area contributed by atoms with Crippen LogP contribution in [0.4, 0.5) is 0 Å². The first-order valence-corrected chi connectivity index (χ1v) is 6.68. The molecule has 1 heterocycles. The molecule has 2 N–H and O–H groups in total. The van der Waals surface area contributed by atoms with E-state index < -0.39 is 0 Å². The third-order valence-electron chi connectivity index (χ3n) is 3.02. The molecule has 0 bridgehead atoms. The van der Waals surface area contributed by atoms with E-state index in [0.29, 0.717) is 5.56 Å². The Morgan fingerprint density at radius 3 is 2.95 bits per heavy atom. The summed E-state index contributed by atoms with van der Waals surface area (Å²) in [5.74, 6) is -0.0125. The van der Waals surface area contributed by atoms with Crippen LogP contribution in [0.3, 0.4) is 0 Å². The molecule has 100 valence electrons. The van der Waals surface area contributed by atoms with Crippen molar-refractivity contribution in [2.24, 2.45) is 0 Å². The second kappa shape index (κ2) is 6.73. The molecule has 1 aromatic heterocycles. The number of aromatic nitrogens is 2. The minimum absolute atomic E-state index is 0.0125. The highest BCUT2D eigenvalue weighted by Crippen LogP contribution is 2.18. The fraction of sp³-hybridized carbons (Fsp3) is 0.333. The van der Waals surface area contributed by atoms with Crippen LogP contribution in [0.5, 0.6) is 0 Å². The van der Waals surface area contributed by atoms with Gasteiger partial charge in [0.25, 0.3) is 5.91 Å². The summed E-state index contributed by atoms with van der Waals surface area (Å²) in [6, 6.07) is 7.58. The number of unbranched alkanes of at least 4 members (excludes halogenated alkanes) is 2. The van der Waals surface area contributed by atoms with Crippen molar-refractivity contribution in [3.63, 3.8) is 0 Å². The number of benzene rings is 1. The van der Waals surface area contributed by atoms with Gasteiger partial charge in [-0.05, 0) is 24.1 Å². The number of aromatic amines is 1. The molecule has 0 aliphatic rings. The van der Waals surface area contributed by atoms with E-state index in [1.165, 1.54) is 0 Å². The van der Waals surface area contributed by atoms with Crippen LogP contribution in [0.1, 0.15) is 36.5 Å². The van der Waals surface area contributed by atoms with Crippen LogP contribution in [0.15, 0.2) is 36.7 Å². The number of nitrogens with one attached hydrogen (secondary N) is 2. The number of carbonyl (C=O) groups is 1. The third-order valence-corrected chi connectivity index (χ3v) is 3.02. The van der Waals surface area contributed by atoms with Crippen molar-refractivity contribution in [3.8, 4) is 11.1 Å². The SMILES string of the molecule is CCCCCNC(=O)c1cccc(-c2cn[nH]c2)c1. The predicted octanol–water partition coefficient (Wildman–Crippen LogP) is 3.00. The second-order valence-corrected chi connectivity index (χ2v) is 4.53. The number of nitrogens with zero attached hydrogens (tertiary/aromatic N) is 1. The fourth-order valence-electron chi connectivity index (χ4n) is 1.93. The summed E-state index contributed by atoms with van der Waals surface area (Å²) >= 11 is 0. The normalized spacial score (nSPS) is 10.4. The average molecular weight is 257 g/mol. The molecule has 1 amide bonds. The highest BCUT2D eigenvalue weighted by atomic mass is 16.1. The molecule has 0 saturated heterocycles. The zero-order valence-electron chi connectivity index (χ0n) is 11.1. The van der Waals surface area contributed by atoms with Crippen molar-refractivity contribution in [3.05, 3.63) is 42.2 Å². The Balaban J connectivity index is 2.00. The van der Waals surface area contributed by atoms with Gasteiger partial charge in [0.1, 0.15) is 0 Å². The van der Waals surface area contributed by atoms with Gasteiger partial charge in [-0.15, -0.1) is 0 Å². The van der Waals surface area contributed by atoms with Crippen molar-refractivity contribution in [1.29, 1.82) is 0 Å². The summed E-state index contributed by atoms with van der Waals surface area (Å²) in [5, 5.41) is 9.64. The standard InChI is InChI=1S/C15H19N3O/c1-2-3-4-8-16-15(19)13-7-5-6-12(9-13)14-10-17-18-11-14/h5-7,9-11H,2-4,8H2,1H3,(H,16,19)(H,17,18). The van der Waals surface area contributed by atoms with Gasteiger partial charge in [-0.3, -0.25) is 9.89 Å². The molecule has 0 unspecified atom stereocenters. The molecule has 4 nitrogen and oxygen atoms in total. The first kappa shape index (κ1) is 13.3. The first-order valence-electron chi connectivity index (χ1n) is 6.68. The lowest BCUT2D eigenvalue weighted by Gasteiger charge is -2.06. The van der Waals surface area contributed by atoms with Gasteiger partial charge in [-0.2, -0.15) is 5.10 Å². The van der Waals surface area contributed by atoms with Crippen LogP contribution < -0.4 is 5.32 Å². The summed E-state index contributed by atoms with van der Waals surface area (Å²) in [7, 11) is 0. The van der Waals surface area contributed by atoms with Crippen molar-refractivity contribution >= 4 is 5.91 Å². The highest BCUT2D eigenvalue weighted by molar-refractivity contribution is 5.95. The second-order valence-electron chi connectivity index (χ2n) is 4.53. The van der Waals surface area contributed by atoms with E-state index in [2.05, 4.69) is 22.4 Å². The maximum Gasteiger partial charge on any atom is 0.251 e. The molecule has 19 heavy (non-hydrogen) atoms. The Kier molecular flexibility index (Phi) is 4.72. The van der Waals surface area contributed by atoms with Gasteiger partial charge >= 0.3 is 0 Å². The number of rotatable bonds is 6. The summed E-state index contributed by atoms with van der Waals surface area (Å²) in [5.41, 5.74) is 2.67. The van der Waals surface area contributed by atoms with E-state index in [9.17, 15) is 4.79 Å². The lowest BCUT2D eigenvalue weighted by Crippen LogP contribution is -2.24. The minimum atomic E-state index is -0.0125. The Bertz CT molecular complexity index is 520. The van der Waals surface area contributed by atoms with Crippen molar-refractivity contribution in [1.82, 2.24) is 15.5 Å². The molecule has 2 rings (SSSR count). The molecular formula is C15H19N3O. The van der Waals surface area contributed by atoms with Gasteiger partial charge in [0.2, 0.25) is 0 Å². The predicted molar refractivity (Wildman–Crippen MR) is 75.9 cm³/mol. The Morgan fingerprint density at radius 1 is 1.32 bits per heavy atom. The highest BCUT2D eigenvalue weighted by Gasteiger charge is 2.06. The molecule has 0 aliphatic heterocycles. The summed E-state index contributed by atoms with van der Waals surface area (Å²) in [6.45, 7) is 2.89. The van der Waals surface area contributed by atoms with E-state index in [0.717, 1.165) is 36.9 Å². The molecule has 0 radical (unpaired) electrons. The van der Waals surface area contributed by atoms with Crippen LogP contribution in [0, 0.1) is 0 Å². The van der Waals surface area contributed by atoms with E-state index >= 15 is 0 Å². The number of H-pyrrole nitrogens is 1. The van der Waals surface area contributed by atoms with Gasteiger partial charge in [0, 0.05) is 23.9 Å². The average Bonchev–Trinajstić information content (AvgIpc) is 2.98. The van der Waals surface area contributed by atoms with Crippen LogP contribution in [-0.2, 0) is 0 Å². The van der Waals surface area contributed by atoms with Crippen LogP contribution in [-0.4, -0.2) is 22.6 Å². The van der Waals surface area contributed by atoms with Crippen LogP contribution in [0.25, 0.3) is 11.1 Å². The maximum absolute atomic E-state index is 12.0. The Labute approximate surface area is 113 Å². The maximum atomic E-state index is 12.0. The summed E-state index contributed by atoms with van der Waals surface area (Å²) in [4.78, 5) is 12.0. The molecule has 2 aromatic rings. The molecule has 1 aromatic carbocycles. The van der Waals surface area contributed by atoms with Gasteiger partial charge in [0.05, 0.1) is 6.20 Å². The van der Waals surface area contributed by atoms with Gasteiger partial charge in [-0.25, -0.2) is 0 Å². The smallest absolute Gasteiger partial charge is 0.251 e. The van der Waals surface area contributed by atoms with E-state index in [1.807, 2.05) is 30.5 Å². The largest absolute Gasteiger partial charge is 0.352 e. The fourth-order valence-corrected chi connectivity index (χ4v) is 1.93. The quantitative estimate of drug-likeness (QED) is 0.781. The molecule has 0 fully saturated rings. The van der Waals surface area contributed by atoms with Crippen LogP contribution >= 0.6 is 0 Å². The Hall–Kier alpha value is -2.10. The topological polar surface area (TPSA) is 57.8 Å². The summed E-state index contributed by atoms with van der Waals surface area (Å²) in [6.07, 6.45) is 6.90. The number of hydrogen-bond acceptors (Lipinski definition) is 2. The van der Waals surface area contributed by atoms with E-state index in [-0.39, 0.29) is 5.91 Å². The first-order chi connectivity index (χ1) is 9.31. The molecule has 0 saturated carbocycles. The van der Waals surface area contributed by atoms with E-state index in [1.54, 1.807) is 6.20 Å². The zero-order valence-corrected chi connectivity index (χ0v) is 11.1. The minimum Gasteiger partial charge on any atom is -0.352 e. The molecule has 0 atom stereocenters. The number of carbonyl (C=O) groups excluding carboxylic acids is 1. The lowest BCUT2D eigenvalue weighted by atomic mass is 10.1. The molecule has 4 heteroatoms. The third kappa shape index (κ3) is 3.68. The monoisotopic (exact) mass is 257 g/mol. The van der Waals surface area contributed by atoms with Crippen molar-refractivity contribution in [2.45, 2.75) is 26.2 Å². The van der Waals surface area contributed by atoms with Gasteiger partial charge in [-0.1, -0.05) is 31.9 Å². The number of hydrogen-bond donors (Lipinski definition) is 2. The number of amides is 1. The van der Waals surface area contributed by atoms with Gasteiger partial charge in [0.15, 0.2) is 0 Å². The molecule has 0 spiro atoms. The van der Waals surface area contributed by atoms with Crippen LogP contribution in [0.2, 0.25) is 0 Å². The summed E-state index contributed by atoms with van der Waals surface area (Å²) < 4.78 is 0. The lowest BCUT2D eigenvalue weighted by molar-refractivity contribution is 0.0953. The van der Waals surface area contributed by atoms with Crippen molar-refractivity contribution < 1.29 is 4.79 Å². The zero-order chi connectivity index (χ0) is 13.5. The van der Waals surface area contributed by atoms with E-state index in [4.69, 9.17) is 0 Å².